The Bertz CT molecular complexity index is 2750. The minimum absolute atomic E-state index is 0.741. The number of fused-ring (bicyclic) bond motifs is 13. The van der Waals surface area contributed by atoms with Gasteiger partial charge >= 0.3 is 0 Å². The molecule has 5 heterocycles. The average molecular weight is 567 g/mol. The summed E-state index contributed by atoms with van der Waals surface area (Å²) < 4.78 is 17.2. The topological polar surface area (TPSA) is 57.5 Å². The molecule has 0 spiro atoms. The summed E-state index contributed by atoms with van der Waals surface area (Å²) in [6.07, 6.45) is 5.69. The molecule has 0 bridgehead atoms. The molecule has 0 saturated carbocycles. The van der Waals surface area contributed by atoms with Gasteiger partial charge in [-0.3, -0.25) is 8.97 Å². The van der Waals surface area contributed by atoms with E-state index in [4.69, 9.17) is 14.1 Å². The number of nitrogens with zero attached hydrogens (tertiary/aromatic N) is 4. The molecule has 0 unspecified atom stereocenters. The van der Waals surface area contributed by atoms with Crippen LogP contribution in [0.1, 0.15) is 0 Å². The van der Waals surface area contributed by atoms with E-state index in [1.165, 1.54) is 5.39 Å². The zero-order chi connectivity index (χ0) is 28.8. The lowest BCUT2D eigenvalue weighted by atomic mass is 10.1. The second-order valence-electron chi connectivity index (χ2n) is 11.1. The minimum Gasteiger partial charge on any atom is -0.457 e. The molecular formula is C38H22N4O2. The third kappa shape index (κ3) is 3.19. The van der Waals surface area contributed by atoms with Crippen LogP contribution >= 0.6 is 0 Å². The number of benzene rings is 5. The Morgan fingerprint density at radius 2 is 1.32 bits per heavy atom. The van der Waals surface area contributed by atoms with E-state index in [2.05, 4.69) is 86.7 Å². The Morgan fingerprint density at radius 3 is 2.23 bits per heavy atom. The first-order chi connectivity index (χ1) is 21.8. The smallest absolute Gasteiger partial charge is 0.145 e. The van der Waals surface area contributed by atoms with Gasteiger partial charge in [0.1, 0.15) is 34.1 Å². The maximum atomic E-state index is 6.57. The molecule has 5 aromatic carbocycles. The summed E-state index contributed by atoms with van der Waals surface area (Å²) in [5.41, 5.74) is 5.84. The molecule has 10 aromatic rings. The molecule has 0 aliphatic carbocycles. The first-order valence-corrected chi connectivity index (χ1v) is 14.6. The fraction of sp³-hybridized carbons (Fsp3) is 0. The number of rotatable bonds is 3. The number of para-hydroxylation sites is 2. The normalized spacial score (nSPS) is 12.1. The molecule has 10 rings (SSSR count). The lowest BCUT2D eigenvalue weighted by Gasteiger charge is -2.12. The van der Waals surface area contributed by atoms with Gasteiger partial charge < -0.3 is 9.15 Å². The van der Waals surface area contributed by atoms with Crippen molar-refractivity contribution in [2.24, 2.45) is 0 Å². The van der Waals surface area contributed by atoms with E-state index in [0.29, 0.717) is 0 Å². The van der Waals surface area contributed by atoms with Crippen LogP contribution in [0.15, 0.2) is 138 Å². The molecule has 6 nitrogen and oxygen atoms in total. The van der Waals surface area contributed by atoms with Crippen LogP contribution in [-0.2, 0) is 0 Å². The lowest BCUT2D eigenvalue weighted by molar-refractivity contribution is 0.484. The highest BCUT2D eigenvalue weighted by Gasteiger charge is 2.20. The van der Waals surface area contributed by atoms with E-state index in [0.717, 1.165) is 83.0 Å². The van der Waals surface area contributed by atoms with Crippen molar-refractivity contribution in [1.29, 1.82) is 0 Å². The van der Waals surface area contributed by atoms with Crippen molar-refractivity contribution in [3.05, 3.63) is 134 Å². The largest absolute Gasteiger partial charge is 0.457 e. The van der Waals surface area contributed by atoms with Gasteiger partial charge in [0, 0.05) is 51.6 Å². The SMILES string of the molecule is c1ccc(-n2c3cc(Oc4ccc5c6ccccc6n6ccnc6c5c4)ccc3c3ccc4oc5ccccc5c4c32)nc1. The highest BCUT2D eigenvalue weighted by molar-refractivity contribution is 6.24. The van der Waals surface area contributed by atoms with Crippen LogP contribution in [0.2, 0.25) is 0 Å². The lowest BCUT2D eigenvalue weighted by Crippen LogP contribution is -1.97. The zero-order valence-corrected chi connectivity index (χ0v) is 23.3. The number of ether oxygens (including phenoxy) is 1. The van der Waals surface area contributed by atoms with Crippen molar-refractivity contribution in [2.75, 3.05) is 0 Å². The van der Waals surface area contributed by atoms with Crippen molar-refractivity contribution in [3.8, 4) is 17.3 Å². The summed E-state index contributed by atoms with van der Waals surface area (Å²) >= 11 is 0. The molecule has 0 radical (unpaired) electrons. The third-order valence-electron chi connectivity index (χ3n) is 8.68. The van der Waals surface area contributed by atoms with Gasteiger partial charge in [-0.2, -0.15) is 0 Å². The van der Waals surface area contributed by atoms with Gasteiger partial charge in [0.2, 0.25) is 0 Å². The first kappa shape index (κ1) is 23.4. The Labute approximate surface area is 250 Å². The number of aromatic nitrogens is 4. The van der Waals surface area contributed by atoms with Gasteiger partial charge in [0.05, 0.1) is 21.9 Å². The molecule has 0 fully saturated rings. The minimum atomic E-state index is 0.741. The fourth-order valence-electron chi connectivity index (χ4n) is 6.83. The van der Waals surface area contributed by atoms with Gasteiger partial charge in [0.25, 0.3) is 0 Å². The fourth-order valence-corrected chi connectivity index (χ4v) is 6.83. The number of furan rings is 1. The van der Waals surface area contributed by atoms with Crippen molar-refractivity contribution in [2.45, 2.75) is 0 Å². The van der Waals surface area contributed by atoms with Crippen molar-refractivity contribution in [1.82, 2.24) is 18.9 Å². The summed E-state index contributed by atoms with van der Waals surface area (Å²) in [6.45, 7) is 0. The van der Waals surface area contributed by atoms with Crippen molar-refractivity contribution < 1.29 is 9.15 Å². The summed E-state index contributed by atoms with van der Waals surface area (Å²) in [4.78, 5) is 9.46. The van der Waals surface area contributed by atoms with E-state index in [-0.39, 0.29) is 0 Å². The second-order valence-corrected chi connectivity index (χ2v) is 11.1. The molecule has 0 N–H and O–H groups in total. The molecule has 0 aliphatic rings. The highest BCUT2D eigenvalue weighted by atomic mass is 16.5. The summed E-state index contributed by atoms with van der Waals surface area (Å²) in [5, 5.41) is 7.79. The van der Waals surface area contributed by atoms with Crippen molar-refractivity contribution in [3.63, 3.8) is 0 Å². The Hall–Kier alpha value is -6.14. The number of imidazole rings is 1. The van der Waals surface area contributed by atoms with E-state index >= 15 is 0 Å². The average Bonchev–Trinajstić information content (AvgIpc) is 3.79. The standard InChI is InChI=1S/C38H22N4O2/c1-3-9-31-26(7-1)25-14-12-23(21-30(25)38-40-19-20-41(31)38)43-24-13-15-27-28-16-17-34-36(29-8-2-4-10-33(29)44-34)37(28)42(32(27)22-24)35-11-5-6-18-39-35/h1-22H. The monoisotopic (exact) mass is 566 g/mol. The molecule has 0 aliphatic heterocycles. The maximum Gasteiger partial charge on any atom is 0.145 e. The molecular weight excluding hydrogens is 544 g/mol. The van der Waals surface area contributed by atoms with Crippen LogP contribution in [0.25, 0.3) is 76.9 Å². The first-order valence-electron chi connectivity index (χ1n) is 14.6. The Balaban J connectivity index is 1.20. The van der Waals surface area contributed by atoms with Gasteiger partial charge in [-0.1, -0.05) is 42.5 Å². The third-order valence-corrected chi connectivity index (χ3v) is 8.68. The van der Waals surface area contributed by atoms with E-state index in [1.54, 1.807) is 0 Å². The van der Waals surface area contributed by atoms with Crippen LogP contribution in [0.3, 0.4) is 0 Å². The van der Waals surface area contributed by atoms with Crippen LogP contribution in [-0.4, -0.2) is 18.9 Å². The summed E-state index contributed by atoms with van der Waals surface area (Å²) in [6, 6.07) is 39.4. The number of pyridine rings is 2. The molecule has 0 amide bonds. The molecule has 5 aromatic heterocycles. The van der Waals surface area contributed by atoms with E-state index < -0.39 is 0 Å². The Kier molecular flexibility index (Phi) is 4.63. The molecule has 206 valence electrons. The van der Waals surface area contributed by atoms with E-state index in [9.17, 15) is 0 Å². The predicted octanol–water partition coefficient (Wildman–Crippen LogP) is 9.82. The molecule has 0 atom stereocenters. The molecule has 6 heteroatoms. The molecule has 0 saturated heterocycles. The zero-order valence-electron chi connectivity index (χ0n) is 23.3. The van der Waals surface area contributed by atoms with Gasteiger partial charge in [-0.05, 0) is 72.1 Å². The quantitative estimate of drug-likeness (QED) is 0.200. The van der Waals surface area contributed by atoms with Crippen LogP contribution in [0.5, 0.6) is 11.5 Å². The van der Waals surface area contributed by atoms with E-state index in [1.807, 2.05) is 61.1 Å². The van der Waals surface area contributed by atoms with Crippen molar-refractivity contribution >= 4 is 71.1 Å². The van der Waals surface area contributed by atoms with Crippen LogP contribution in [0.4, 0.5) is 0 Å². The second kappa shape index (κ2) is 8.69. The van der Waals surface area contributed by atoms with Crippen LogP contribution in [0, 0.1) is 0 Å². The number of hydrogen-bond acceptors (Lipinski definition) is 4. The Morgan fingerprint density at radius 1 is 0.545 bits per heavy atom. The predicted molar refractivity (Wildman–Crippen MR) is 176 cm³/mol. The van der Waals surface area contributed by atoms with Gasteiger partial charge in [-0.25, -0.2) is 9.97 Å². The summed E-state index contributed by atoms with van der Waals surface area (Å²) in [7, 11) is 0. The van der Waals surface area contributed by atoms with Gasteiger partial charge in [0.15, 0.2) is 0 Å². The van der Waals surface area contributed by atoms with Crippen LogP contribution < -0.4 is 4.74 Å². The summed E-state index contributed by atoms with van der Waals surface area (Å²) in [5.74, 6) is 2.33. The maximum absolute atomic E-state index is 6.57. The van der Waals surface area contributed by atoms with Gasteiger partial charge in [-0.15, -0.1) is 0 Å². The molecule has 44 heavy (non-hydrogen) atoms. The highest BCUT2D eigenvalue weighted by Crippen LogP contribution is 2.42. The number of hydrogen-bond donors (Lipinski definition) is 0.